The lowest BCUT2D eigenvalue weighted by Crippen LogP contribution is -2.05. The maximum absolute atomic E-state index is 11.1. The first-order valence-corrected chi connectivity index (χ1v) is 6.49. The first-order chi connectivity index (χ1) is 9.43. The van der Waals surface area contributed by atoms with E-state index < -0.39 is 5.97 Å². The van der Waals surface area contributed by atoms with Crippen molar-refractivity contribution < 1.29 is 14.6 Å². The fourth-order valence-corrected chi connectivity index (χ4v) is 2.16. The summed E-state index contributed by atoms with van der Waals surface area (Å²) >= 11 is 6.10. The molecule has 0 amide bonds. The van der Waals surface area contributed by atoms with E-state index in [1.54, 1.807) is 28.9 Å². The van der Waals surface area contributed by atoms with Gasteiger partial charge in [-0.05, 0) is 30.2 Å². The van der Waals surface area contributed by atoms with E-state index in [1.807, 2.05) is 13.8 Å². The molecule has 1 aromatic carbocycles. The van der Waals surface area contributed by atoms with Crippen LogP contribution in [0.15, 0.2) is 24.3 Å². The summed E-state index contributed by atoms with van der Waals surface area (Å²) in [4.78, 5) is 11.1. The fraction of sp³-hybridized carbons (Fsp3) is 0.286. The molecule has 0 bridgehead atoms. The number of methoxy groups -OCH3 is 1. The van der Waals surface area contributed by atoms with Crippen molar-refractivity contribution in [1.29, 1.82) is 0 Å². The van der Waals surface area contributed by atoms with E-state index in [-0.39, 0.29) is 11.6 Å². The van der Waals surface area contributed by atoms with Gasteiger partial charge < -0.3 is 9.84 Å². The second-order valence-corrected chi connectivity index (χ2v) is 5.05. The number of carboxylic acids is 1. The molecule has 0 saturated heterocycles. The van der Waals surface area contributed by atoms with Crippen LogP contribution in [0.2, 0.25) is 5.02 Å². The molecule has 0 aliphatic carbocycles. The van der Waals surface area contributed by atoms with Gasteiger partial charge in [-0.25, -0.2) is 9.48 Å². The van der Waals surface area contributed by atoms with Crippen LogP contribution in [-0.4, -0.2) is 28.0 Å². The molecule has 1 N–H and O–H groups in total. The third kappa shape index (κ3) is 2.63. The Kier molecular flexibility index (Phi) is 3.99. The smallest absolute Gasteiger partial charge is 0.356 e. The maximum atomic E-state index is 11.1. The highest BCUT2D eigenvalue weighted by Crippen LogP contribution is 2.28. The fourth-order valence-electron chi connectivity index (χ4n) is 1.91. The van der Waals surface area contributed by atoms with Gasteiger partial charge in [-0.15, -0.1) is 0 Å². The van der Waals surface area contributed by atoms with E-state index in [4.69, 9.17) is 21.4 Å². The number of carbonyl (C=O) groups is 1. The molecule has 106 valence electrons. The van der Waals surface area contributed by atoms with Gasteiger partial charge in [-0.1, -0.05) is 25.4 Å². The Bertz CT molecular complexity index is 650. The standard InChI is InChI=1S/C14H15ClN2O3/c1-8(2)12-7-11(14(18)19)16-17(12)9-4-5-13(20-3)10(15)6-9/h4-8H,1-3H3,(H,18,19). The van der Waals surface area contributed by atoms with Gasteiger partial charge in [0.15, 0.2) is 5.69 Å². The number of aromatic carboxylic acids is 1. The van der Waals surface area contributed by atoms with Crippen molar-refractivity contribution in [2.24, 2.45) is 0 Å². The Labute approximate surface area is 121 Å². The molecule has 20 heavy (non-hydrogen) atoms. The molecule has 0 atom stereocenters. The third-order valence-electron chi connectivity index (χ3n) is 2.93. The van der Waals surface area contributed by atoms with Crippen LogP contribution in [0.25, 0.3) is 5.69 Å². The highest BCUT2D eigenvalue weighted by atomic mass is 35.5. The monoisotopic (exact) mass is 294 g/mol. The molecule has 2 aromatic rings. The molecule has 2 rings (SSSR count). The van der Waals surface area contributed by atoms with Gasteiger partial charge in [0.05, 0.1) is 17.8 Å². The highest BCUT2D eigenvalue weighted by molar-refractivity contribution is 6.32. The number of aromatic nitrogens is 2. The average molecular weight is 295 g/mol. The van der Waals surface area contributed by atoms with Crippen molar-refractivity contribution in [3.05, 3.63) is 40.7 Å². The minimum Gasteiger partial charge on any atom is -0.495 e. The first kappa shape index (κ1) is 14.4. The Balaban J connectivity index is 2.56. The van der Waals surface area contributed by atoms with Gasteiger partial charge in [-0.2, -0.15) is 5.10 Å². The SMILES string of the molecule is COc1ccc(-n2nc(C(=O)O)cc2C(C)C)cc1Cl. The Morgan fingerprint density at radius 2 is 2.10 bits per heavy atom. The zero-order valence-electron chi connectivity index (χ0n) is 11.4. The van der Waals surface area contributed by atoms with Gasteiger partial charge in [0.25, 0.3) is 0 Å². The van der Waals surface area contributed by atoms with Gasteiger partial charge in [0.1, 0.15) is 5.75 Å². The summed E-state index contributed by atoms with van der Waals surface area (Å²) in [5, 5.41) is 13.6. The van der Waals surface area contributed by atoms with Crippen LogP contribution in [0, 0.1) is 0 Å². The van der Waals surface area contributed by atoms with Crippen molar-refractivity contribution in [2.75, 3.05) is 7.11 Å². The summed E-state index contributed by atoms with van der Waals surface area (Å²) in [6.07, 6.45) is 0. The lowest BCUT2D eigenvalue weighted by Gasteiger charge is -2.11. The third-order valence-corrected chi connectivity index (χ3v) is 3.22. The summed E-state index contributed by atoms with van der Waals surface area (Å²) in [7, 11) is 1.54. The van der Waals surface area contributed by atoms with E-state index in [2.05, 4.69) is 5.10 Å². The van der Waals surface area contributed by atoms with Crippen molar-refractivity contribution in [1.82, 2.24) is 9.78 Å². The van der Waals surface area contributed by atoms with E-state index in [0.717, 1.165) is 5.69 Å². The number of nitrogens with zero attached hydrogens (tertiary/aromatic N) is 2. The van der Waals surface area contributed by atoms with Crippen molar-refractivity contribution in [3.8, 4) is 11.4 Å². The molecule has 0 saturated carbocycles. The van der Waals surface area contributed by atoms with E-state index >= 15 is 0 Å². The minimum atomic E-state index is -1.05. The number of ether oxygens (including phenoxy) is 1. The minimum absolute atomic E-state index is 0.0145. The molecular weight excluding hydrogens is 280 g/mol. The summed E-state index contributed by atoms with van der Waals surface area (Å²) in [6.45, 7) is 3.95. The molecule has 0 fully saturated rings. The number of halogens is 1. The number of benzene rings is 1. The van der Waals surface area contributed by atoms with Gasteiger partial charge >= 0.3 is 5.97 Å². The van der Waals surface area contributed by atoms with Crippen LogP contribution in [0.4, 0.5) is 0 Å². The lowest BCUT2D eigenvalue weighted by atomic mass is 10.1. The summed E-state index contributed by atoms with van der Waals surface area (Å²) < 4.78 is 6.70. The first-order valence-electron chi connectivity index (χ1n) is 6.11. The van der Waals surface area contributed by atoms with Gasteiger partial charge in [0, 0.05) is 5.69 Å². The quantitative estimate of drug-likeness (QED) is 0.939. The second-order valence-electron chi connectivity index (χ2n) is 4.64. The van der Waals surface area contributed by atoms with Crippen LogP contribution in [0.5, 0.6) is 5.75 Å². The second kappa shape index (κ2) is 5.54. The van der Waals surface area contributed by atoms with Crippen LogP contribution >= 0.6 is 11.6 Å². The largest absolute Gasteiger partial charge is 0.495 e. The predicted octanol–water partition coefficient (Wildman–Crippen LogP) is 3.36. The van der Waals surface area contributed by atoms with E-state index in [1.165, 1.54) is 7.11 Å². The van der Waals surface area contributed by atoms with E-state index in [9.17, 15) is 4.79 Å². The molecule has 5 nitrogen and oxygen atoms in total. The van der Waals surface area contributed by atoms with Crippen LogP contribution in [-0.2, 0) is 0 Å². The molecule has 0 aliphatic rings. The molecular formula is C14H15ClN2O3. The van der Waals surface area contributed by atoms with Crippen molar-refractivity contribution in [2.45, 2.75) is 19.8 Å². The van der Waals surface area contributed by atoms with Gasteiger partial charge in [0.2, 0.25) is 0 Å². The summed E-state index contributed by atoms with van der Waals surface area (Å²) in [6, 6.07) is 6.79. The topological polar surface area (TPSA) is 64.4 Å². The number of hydrogen-bond acceptors (Lipinski definition) is 3. The van der Waals surface area contributed by atoms with Crippen LogP contribution < -0.4 is 4.74 Å². The normalized spacial score (nSPS) is 10.8. The molecule has 0 aliphatic heterocycles. The predicted molar refractivity (Wildman–Crippen MR) is 76.2 cm³/mol. The molecule has 1 aromatic heterocycles. The molecule has 6 heteroatoms. The van der Waals surface area contributed by atoms with Crippen LogP contribution in [0.1, 0.15) is 35.9 Å². The highest BCUT2D eigenvalue weighted by Gasteiger charge is 2.17. The molecule has 1 heterocycles. The Hall–Kier alpha value is -2.01. The molecule has 0 radical (unpaired) electrons. The number of carboxylic acid groups (broad SMARTS) is 1. The lowest BCUT2D eigenvalue weighted by molar-refractivity contribution is 0.0690. The Morgan fingerprint density at radius 3 is 2.60 bits per heavy atom. The van der Waals surface area contributed by atoms with Gasteiger partial charge in [-0.3, -0.25) is 0 Å². The zero-order valence-corrected chi connectivity index (χ0v) is 12.2. The van der Waals surface area contributed by atoms with Crippen LogP contribution in [0.3, 0.4) is 0 Å². The average Bonchev–Trinajstić information content (AvgIpc) is 2.84. The summed E-state index contributed by atoms with van der Waals surface area (Å²) in [5.41, 5.74) is 1.52. The van der Waals surface area contributed by atoms with Crippen molar-refractivity contribution >= 4 is 17.6 Å². The van der Waals surface area contributed by atoms with Crippen molar-refractivity contribution in [3.63, 3.8) is 0 Å². The number of hydrogen-bond donors (Lipinski definition) is 1. The van der Waals surface area contributed by atoms with E-state index in [0.29, 0.717) is 16.5 Å². The molecule has 0 spiro atoms. The molecule has 0 unspecified atom stereocenters. The summed E-state index contributed by atoms with van der Waals surface area (Å²) in [5.74, 6) is -0.353. The zero-order chi connectivity index (χ0) is 14.9. The number of rotatable bonds is 4. The Morgan fingerprint density at radius 1 is 1.40 bits per heavy atom. The maximum Gasteiger partial charge on any atom is 0.356 e.